The van der Waals surface area contributed by atoms with Crippen LogP contribution in [0.15, 0.2) is 23.6 Å². The van der Waals surface area contributed by atoms with Crippen LogP contribution in [-0.4, -0.2) is 91.2 Å². The van der Waals surface area contributed by atoms with Gasteiger partial charge in [-0.2, -0.15) is 0 Å². The quantitative estimate of drug-likeness (QED) is 0.227. The van der Waals surface area contributed by atoms with Gasteiger partial charge in [-0.3, -0.25) is 14.5 Å². The fourth-order valence-corrected chi connectivity index (χ4v) is 9.84. The number of allylic oxidation sites excluding steroid dienone is 2. The van der Waals surface area contributed by atoms with E-state index in [1.807, 2.05) is 4.90 Å². The standard InChI is InChI=1S/C36H60F2N8O2/c1-23-22-46(18-15-41-23)35(48)25-10-16-45(17-11-25)32-28(21-43-31(30(32)38)24-7-3-2-4-8-24)44-34(47)29(33(39)40)27-19-36(12-5-6-13-36)14-9-26(37)20-42-27/h20,23-25,27-29,32-33,41-43H,2-19,21-22,39-40H2,1H3,(H,44,47)/b26-20+/t23-,27?,28?,29?,32?/m1/s1. The Balaban J connectivity index is 1.20. The first kappa shape index (κ1) is 35.5. The summed E-state index contributed by atoms with van der Waals surface area (Å²) in [6.07, 6.45) is 13.1. The number of hydrogen-bond acceptors (Lipinski definition) is 8. The van der Waals surface area contributed by atoms with Crippen molar-refractivity contribution in [1.29, 1.82) is 0 Å². The Morgan fingerprint density at radius 3 is 2.42 bits per heavy atom. The van der Waals surface area contributed by atoms with Crippen LogP contribution < -0.4 is 32.7 Å². The maximum Gasteiger partial charge on any atom is 0.228 e. The monoisotopic (exact) mass is 674 g/mol. The van der Waals surface area contributed by atoms with E-state index in [4.69, 9.17) is 11.5 Å². The maximum atomic E-state index is 16.9. The van der Waals surface area contributed by atoms with Gasteiger partial charge in [0.2, 0.25) is 11.8 Å². The molecule has 6 rings (SSSR count). The molecule has 4 fully saturated rings. The van der Waals surface area contributed by atoms with Crippen LogP contribution in [0.2, 0.25) is 0 Å². The number of likely N-dealkylation sites (tertiary alicyclic amines) is 1. The van der Waals surface area contributed by atoms with Gasteiger partial charge in [0.15, 0.2) is 0 Å². The van der Waals surface area contributed by atoms with Crippen molar-refractivity contribution >= 4 is 11.8 Å². The van der Waals surface area contributed by atoms with Gasteiger partial charge in [0.05, 0.1) is 24.2 Å². The number of hydrogen-bond donors (Lipinski definition) is 6. The molecule has 6 aliphatic rings. The van der Waals surface area contributed by atoms with Gasteiger partial charge in [0.1, 0.15) is 11.7 Å². The number of rotatable bonds is 7. The molecule has 2 saturated carbocycles. The van der Waals surface area contributed by atoms with Crippen LogP contribution in [0.4, 0.5) is 8.78 Å². The average Bonchev–Trinajstić information content (AvgIpc) is 3.55. The largest absolute Gasteiger partial charge is 0.385 e. The number of carbonyl (C=O) groups is 2. The third-order valence-corrected chi connectivity index (χ3v) is 12.5. The summed E-state index contributed by atoms with van der Waals surface area (Å²) in [5.74, 6) is -1.27. The lowest BCUT2D eigenvalue weighted by atomic mass is 9.72. The number of nitrogens with two attached hydrogens (primary N) is 2. The molecule has 0 aromatic carbocycles. The molecule has 12 heteroatoms. The molecule has 0 bridgehead atoms. The van der Waals surface area contributed by atoms with Crippen molar-refractivity contribution in [2.45, 2.75) is 127 Å². The topological polar surface area (TPSA) is 141 Å². The van der Waals surface area contributed by atoms with E-state index >= 15 is 4.39 Å². The molecule has 48 heavy (non-hydrogen) atoms. The van der Waals surface area contributed by atoms with E-state index < -0.39 is 30.2 Å². The van der Waals surface area contributed by atoms with Crippen LogP contribution in [-0.2, 0) is 9.59 Å². The molecule has 4 unspecified atom stereocenters. The van der Waals surface area contributed by atoms with Crippen molar-refractivity contribution in [1.82, 2.24) is 31.1 Å². The number of amides is 2. The first-order valence-corrected chi connectivity index (χ1v) is 19.0. The Morgan fingerprint density at radius 1 is 1.00 bits per heavy atom. The minimum atomic E-state index is -0.973. The number of nitrogens with zero attached hydrogens (tertiary/aromatic N) is 2. The summed E-state index contributed by atoms with van der Waals surface area (Å²) in [6.45, 7) is 5.90. The van der Waals surface area contributed by atoms with Crippen molar-refractivity contribution in [2.24, 2.45) is 34.6 Å². The first-order chi connectivity index (χ1) is 23.1. The minimum absolute atomic E-state index is 0.0418. The van der Waals surface area contributed by atoms with Gasteiger partial charge in [0, 0.05) is 68.4 Å². The van der Waals surface area contributed by atoms with E-state index in [0.717, 1.165) is 70.9 Å². The number of nitrogens with one attached hydrogen (secondary N) is 4. The van der Waals surface area contributed by atoms with Crippen molar-refractivity contribution in [3.63, 3.8) is 0 Å². The Bertz CT molecular complexity index is 1190. The van der Waals surface area contributed by atoms with E-state index in [0.29, 0.717) is 57.6 Å². The van der Waals surface area contributed by atoms with Crippen LogP contribution in [0.1, 0.15) is 96.8 Å². The highest BCUT2D eigenvalue weighted by atomic mass is 19.1. The van der Waals surface area contributed by atoms with E-state index in [1.54, 1.807) is 0 Å². The lowest BCUT2D eigenvalue weighted by molar-refractivity contribution is -0.138. The molecule has 0 radical (unpaired) electrons. The zero-order valence-corrected chi connectivity index (χ0v) is 29.0. The normalized spacial score (nSPS) is 33.0. The Labute approximate surface area is 285 Å². The first-order valence-electron chi connectivity index (χ1n) is 19.0. The SMILES string of the molecule is C[C@@H]1CN(C(=O)C2CCN(C3C(F)=C(C4CCCCC4)NCC3NC(=O)C(C(N)N)C3CC4(CCCC4)CC/C(F)=C\N3)CC2)CCN1. The average molecular weight is 675 g/mol. The molecule has 0 aromatic heterocycles. The summed E-state index contributed by atoms with van der Waals surface area (Å²) in [6, 6.07) is -1.34. The van der Waals surface area contributed by atoms with E-state index in [9.17, 15) is 14.0 Å². The summed E-state index contributed by atoms with van der Waals surface area (Å²) >= 11 is 0. The molecular formula is C36H60F2N8O2. The van der Waals surface area contributed by atoms with Crippen molar-refractivity contribution in [3.8, 4) is 0 Å². The van der Waals surface area contributed by atoms with Gasteiger partial charge < -0.3 is 37.6 Å². The highest BCUT2D eigenvalue weighted by Crippen LogP contribution is 2.48. The zero-order chi connectivity index (χ0) is 33.8. The Hall–Kier alpha value is -2.28. The van der Waals surface area contributed by atoms with Gasteiger partial charge in [0.25, 0.3) is 0 Å². The molecule has 270 valence electrons. The van der Waals surface area contributed by atoms with Gasteiger partial charge in [-0.05, 0) is 76.8 Å². The van der Waals surface area contributed by atoms with Crippen LogP contribution in [0.3, 0.4) is 0 Å². The molecule has 4 aliphatic heterocycles. The zero-order valence-electron chi connectivity index (χ0n) is 29.0. The van der Waals surface area contributed by atoms with Crippen LogP contribution in [0.5, 0.6) is 0 Å². The van der Waals surface area contributed by atoms with Gasteiger partial charge >= 0.3 is 0 Å². The molecule has 0 aromatic rings. The van der Waals surface area contributed by atoms with Crippen molar-refractivity contribution < 1.29 is 18.4 Å². The molecule has 2 amide bonds. The van der Waals surface area contributed by atoms with Crippen molar-refractivity contribution in [2.75, 3.05) is 39.3 Å². The van der Waals surface area contributed by atoms with E-state index in [1.165, 1.54) is 12.6 Å². The molecule has 4 heterocycles. The fraction of sp³-hybridized carbons (Fsp3) is 0.833. The molecule has 1 spiro atoms. The third-order valence-electron chi connectivity index (χ3n) is 12.5. The van der Waals surface area contributed by atoms with Gasteiger partial charge in [-0.15, -0.1) is 0 Å². The Morgan fingerprint density at radius 2 is 1.73 bits per heavy atom. The minimum Gasteiger partial charge on any atom is -0.385 e. The maximum absolute atomic E-state index is 16.9. The summed E-state index contributed by atoms with van der Waals surface area (Å²) in [4.78, 5) is 31.8. The molecular weight excluding hydrogens is 614 g/mol. The van der Waals surface area contributed by atoms with Crippen LogP contribution in [0.25, 0.3) is 0 Å². The predicted octanol–water partition coefficient (Wildman–Crippen LogP) is 3.11. The highest BCUT2D eigenvalue weighted by molar-refractivity contribution is 5.81. The molecule has 2 saturated heterocycles. The number of carbonyl (C=O) groups excluding carboxylic acids is 2. The van der Waals surface area contributed by atoms with Gasteiger partial charge in [-0.25, -0.2) is 8.78 Å². The van der Waals surface area contributed by atoms with Crippen LogP contribution in [0, 0.1) is 23.2 Å². The second kappa shape index (κ2) is 15.7. The fourth-order valence-electron chi connectivity index (χ4n) is 9.84. The van der Waals surface area contributed by atoms with Crippen molar-refractivity contribution in [3.05, 3.63) is 23.6 Å². The van der Waals surface area contributed by atoms with E-state index in [-0.39, 0.29) is 46.8 Å². The lowest BCUT2D eigenvalue weighted by Gasteiger charge is -2.45. The number of halogens is 2. The second-order valence-corrected chi connectivity index (χ2v) is 15.9. The second-order valence-electron chi connectivity index (χ2n) is 15.9. The number of piperazine rings is 1. The lowest BCUT2D eigenvalue weighted by Crippen LogP contribution is -2.64. The molecule has 2 aliphatic carbocycles. The Kier molecular flexibility index (Phi) is 11.6. The predicted molar refractivity (Wildman–Crippen MR) is 183 cm³/mol. The summed E-state index contributed by atoms with van der Waals surface area (Å²) in [7, 11) is 0. The molecule has 8 N–H and O–H groups in total. The summed E-state index contributed by atoms with van der Waals surface area (Å²) < 4.78 is 31.6. The smallest absolute Gasteiger partial charge is 0.228 e. The third kappa shape index (κ3) is 8.02. The summed E-state index contributed by atoms with van der Waals surface area (Å²) in [5, 5.41) is 13.2. The van der Waals surface area contributed by atoms with E-state index in [2.05, 4.69) is 33.1 Å². The highest BCUT2D eigenvalue weighted by Gasteiger charge is 2.45. The molecule has 5 atom stereocenters. The number of piperidine rings is 1. The van der Waals surface area contributed by atoms with Gasteiger partial charge in [-0.1, -0.05) is 32.1 Å². The molecule has 10 nitrogen and oxygen atoms in total. The summed E-state index contributed by atoms with van der Waals surface area (Å²) in [5.41, 5.74) is 13.3. The van der Waals surface area contributed by atoms with Crippen LogP contribution >= 0.6 is 0 Å².